The van der Waals surface area contributed by atoms with Crippen molar-refractivity contribution in [2.45, 2.75) is 44.8 Å². The molecule has 1 aromatic carbocycles. The van der Waals surface area contributed by atoms with Crippen molar-refractivity contribution in [2.24, 2.45) is 5.92 Å². The number of carbonyl (C=O) groups excluding carboxylic acids is 2. The molecule has 0 radical (unpaired) electrons. The molecule has 0 N–H and O–H groups in total. The first-order chi connectivity index (χ1) is 18.1. The zero-order valence-corrected chi connectivity index (χ0v) is 24.6. The fourth-order valence-electron chi connectivity index (χ4n) is 4.31. The number of anilines is 1. The van der Waals surface area contributed by atoms with E-state index in [1.807, 2.05) is 23.1 Å². The average Bonchev–Trinajstić information content (AvgIpc) is 2.89. The van der Waals surface area contributed by atoms with Gasteiger partial charge in [0, 0.05) is 51.8 Å². The van der Waals surface area contributed by atoms with Gasteiger partial charge in [-0.15, -0.1) is 0 Å². The lowest BCUT2D eigenvalue weighted by atomic mass is 10.1. The highest BCUT2D eigenvalue weighted by Gasteiger charge is 2.28. The molecule has 0 bridgehead atoms. The summed E-state index contributed by atoms with van der Waals surface area (Å²) in [7, 11) is 4.99. The van der Waals surface area contributed by atoms with Gasteiger partial charge in [-0.05, 0) is 37.0 Å². The summed E-state index contributed by atoms with van der Waals surface area (Å²) in [6.45, 7) is 8.71. The average molecular weight is 564 g/mol. The molecule has 1 saturated heterocycles. The molecule has 0 spiro atoms. The molecule has 1 aromatic heterocycles. The number of carbonyl (C=O) groups is 2. The van der Waals surface area contributed by atoms with Crippen molar-refractivity contribution in [1.82, 2.24) is 19.8 Å². The van der Waals surface area contributed by atoms with Gasteiger partial charge in [0.25, 0.3) is 0 Å². The molecule has 1 aliphatic heterocycles. The van der Waals surface area contributed by atoms with Crippen LogP contribution in [0.15, 0.2) is 29.4 Å². The van der Waals surface area contributed by atoms with E-state index in [0.29, 0.717) is 72.6 Å². The number of methoxy groups -OCH3 is 2. The van der Waals surface area contributed by atoms with Crippen LogP contribution in [0.4, 0.5) is 5.82 Å². The van der Waals surface area contributed by atoms with Crippen molar-refractivity contribution in [3.8, 4) is 11.5 Å². The second-order valence-electron chi connectivity index (χ2n) is 9.85. The SMILES string of the molecule is COc1ccc(CCN(C)C(=O)CSc2nc(Cl)cc(N3CCN(C(=O)CC(C)C)C(C)C3)n2)cc1OC. The maximum absolute atomic E-state index is 12.8. The van der Waals surface area contributed by atoms with Crippen LogP contribution in [-0.2, 0) is 16.0 Å². The van der Waals surface area contributed by atoms with Crippen LogP contribution >= 0.6 is 23.4 Å². The lowest BCUT2D eigenvalue weighted by molar-refractivity contribution is -0.134. The lowest BCUT2D eigenvalue weighted by Crippen LogP contribution is -2.54. The molecular formula is C27H38ClN5O4S. The number of hydrogen-bond donors (Lipinski definition) is 0. The Bertz CT molecular complexity index is 1120. The Morgan fingerprint density at radius 2 is 1.89 bits per heavy atom. The smallest absolute Gasteiger partial charge is 0.232 e. The summed E-state index contributed by atoms with van der Waals surface area (Å²) in [5.41, 5.74) is 1.05. The number of thioether (sulfide) groups is 1. The second kappa shape index (κ2) is 13.9. The standard InChI is InChI=1S/C27H38ClN5O4S/c1-18(2)13-25(34)33-12-11-32(16-19(33)3)24-15-23(28)29-27(30-24)38-17-26(35)31(4)10-9-20-7-8-21(36-5)22(14-20)37-6/h7-8,14-15,18-19H,9-13,16-17H2,1-6H3. The van der Waals surface area contributed by atoms with Gasteiger partial charge in [-0.3, -0.25) is 9.59 Å². The van der Waals surface area contributed by atoms with Gasteiger partial charge < -0.3 is 24.2 Å². The van der Waals surface area contributed by atoms with E-state index in [-0.39, 0.29) is 23.6 Å². The molecule has 208 valence electrons. The zero-order chi connectivity index (χ0) is 27.8. The number of ether oxygens (including phenoxy) is 2. The molecule has 0 saturated carbocycles. The molecule has 2 aromatic rings. The normalized spacial score (nSPS) is 15.5. The van der Waals surface area contributed by atoms with Crippen LogP contribution in [0.25, 0.3) is 0 Å². The van der Waals surface area contributed by atoms with E-state index in [9.17, 15) is 9.59 Å². The van der Waals surface area contributed by atoms with E-state index in [1.165, 1.54) is 11.8 Å². The van der Waals surface area contributed by atoms with Crippen LogP contribution in [0.1, 0.15) is 32.8 Å². The molecule has 0 aliphatic carbocycles. The molecule has 2 heterocycles. The minimum atomic E-state index is -0.0218. The number of hydrogen-bond acceptors (Lipinski definition) is 8. The molecule has 1 aliphatic rings. The van der Waals surface area contributed by atoms with Crippen LogP contribution < -0.4 is 14.4 Å². The predicted octanol–water partition coefficient (Wildman–Crippen LogP) is 4.02. The van der Waals surface area contributed by atoms with E-state index in [1.54, 1.807) is 32.2 Å². The summed E-state index contributed by atoms with van der Waals surface area (Å²) >= 11 is 7.58. The van der Waals surface area contributed by atoms with Gasteiger partial charge in [0.1, 0.15) is 11.0 Å². The number of nitrogens with zero attached hydrogens (tertiary/aromatic N) is 5. The Morgan fingerprint density at radius 1 is 1.16 bits per heavy atom. The van der Waals surface area contributed by atoms with Crippen molar-refractivity contribution in [1.29, 1.82) is 0 Å². The maximum atomic E-state index is 12.8. The van der Waals surface area contributed by atoms with Gasteiger partial charge in [0.2, 0.25) is 11.8 Å². The van der Waals surface area contributed by atoms with E-state index < -0.39 is 0 Å². The van der Waals surface area contributed by atoms with E-state index in [0.717, 1.165) is 5.56 Å². The minimum Gasteiger partial charge on any atom is -0.493 e. The largest absolute Gasteiger partial charge is 0.493 e. The monoisotopic (exact) mass is 563 g/mol. The van der Waals surface area contributed by atoms with E-state index >= 15 is 0 Å². The number of amides is 2. The first kappa shape index (κ1) is 29.8. The molecule has 38 heavy (non-hydrogen) atoms. The highest BCUT2D eigenvalue weighted by atomic mass is 35.5. The van der Waals surface area contributed by atoms with Gasteiger partial charge >= 0.3 is 0 Å². The van der Waals surface area contributed by atoms with Gasteiger partial charge in [-0.2, -0.15) is 0 Å². The van der Waals surface area contributed by atoms with Gasteiger partial charge in [0.05, 0.1) is 20.0 Å². The summed E-state index contributed by atoms with van der Waals surface area (Å²) in [6, 6.07) is 7.57. The van der Waals surface area contributed by atoms with Crippen molar-refractivity contribution < 1.29 is 19.1 Å². The van der Waals surface area contributed by atoms with Crippen molar-refractivity contribution in [3.63, 3.8) is 0 Å². The Morgan fingerprint density at radius 3 is 2.55 bits per heavy atom. The molecule has 11 heteroatoms. The van der Waals surface area contributed by atoms with Crippen LogP contribution in [-0.4, -0.2) is 90.8 Å². The Labute approximate surface area is 234 Å². The lowest BCUT2D eigenvalue weighted by Gasteiger charge is -2.40. The highest BCUT2D eigenvalue weighted by molar-refractivity contribution is 7.99. The maximum Gasteiger partial charge on any atom is 0.232 e. The fraction of sp³-hybridized carbons (Fsp3) is 0.556. The summed E-state index contributed by atoms with van der Waals surface area (Å²) in [6.07, 6.45) is 1.25. The number of rotatable bonds is 11. The molecule has 1 atom stereocenters. The van der Waals surface area contributed by atoms with Crippen LogP contribution in [0.2, 0.25) is 5.15 Å². The quantitative estimate of drug-likeness (QED) is 0.230. The summed E-state index contributed by atoms with van der Waals surface area (Å²) < 4.78 is 10.6. The summed E-state index contributed by atoms with van der Waals surface area (Å²) in [5, 5.41) is 0.790. The van der Waals surface area contributed by atoms with Crippen molar-refractivity contribution >= 4 is 41.0 Å². The molecule has 1 unspecified atom stereocenters. The summed E-state index contributed by atoms with van der Waals surface area (Å²) in [4.78, 5) is 40.1. The number of aromatic nitrogens is 2. The third kappa shape index (κ3) is 8.14. The van der Waals surface area contributed by atoms with Gasteiger partial charge in [-0.25, -0.2) is 9.97 Å². The second-order valence-corrected chi connectivity index (χ2v) is 11.2. The van der Waals surface area contributed by atoms with Crippen molar-refractivity contribution in [2.75, 3.05) is 58.1 Å². The summed E-state index contributed by atoms with van der Waals surface area (Å²) in [5.74, 6) is 2.76. The zero-order valence-electron chi connectivity index (χ0n) is 23.1. The minimum absolute atomic E-state index is 0.0218. The van der Waals surface area contributed by atoms with Crippen LogP contribution in [0.5, 0.6) is 11.5 Å². The first-order valence-electron chi connectivity index (χ1n) is 12.8. The fourth-order valence-corrected chi connectivity index (χ4v) is 5.33. The Kier molecular flexibility index (Phi) is 10.9. The number of piperazine rings is 1. The topological polar surface area (TPSA) is 88.1 Å². The third-order valence-corrected chi connectivity index (χ3v) is 7.48. The highest BCUT2D eigenvalue weighted by Crippen LogP contribution is 2.28. The van der Waals surface area contributed by atoms with E-state index in [4.69, 9.17) is 21.1 Å². The van der Waals surface area contributed by atoms with Gasteiger partial charge in [-0.1, -0.05) is 43.3 Å². The molecule has 1 fully saturated rings. The van der Waals surface area contributed by atoms with Crippen LogP contribution in [0.3, 0.4) is 0 Å². The molecule has 3 rings (SSSR count). The molecular weight excluding hydrogens is 526 g/mol. The third-order valence-electron chi connectivity index (χ3n) is 6.45. The number of halogens is 1. The van der Waals surface area contributed by atoms with Crippen molar-refractivity contribution in [3.05, 3.63) is 35.0 Å². The Hall–Kier alpha value is -2.72. The van der Waals surface area contributed by atoms with Gasteiger partial charge in [0.15, 0.2) is 16.7 Å². The predicted molar refractivity (Wildman–Crippen MR) is 151 cm³/mol. The van der Waals surface area contributed by atoms with Crippen LogP contribution in [0, 0.1) is 5.92 Å². The number of likely N-dealkylation sites (N-methyl/N-ethyl adjacent to an activating group) is 1. The molecule has 2 amide bonds. The van der Waals surface area contributed by atoms with E-state index in [2.05, 4.69) is 35.6 Å². The first-order valence-corrected chi connectivity index (χ1v) is 14.1. The Balaban J connectivity index is 1.54. The number of benzene rings is 1. The molecule has 9 nitrogen and oxygen atoms in total.